The molecule has 0 aliphatic carbocycles. The lowest BCUT2D eigenvalue weighted by Crippen LogP contribution is -2.35. The van der Waals surface area contributed by atoms with Crippen molar-refractivity contribution in [1.82, 2.24) is 29.5 Å². The first-order valence-electron chi connectivity index (χ1n) is 18.3. The summed E-state index contributed by atoms with van der Waals surface area (Å²) in [6, 6.07) is 12.9. The molecule has 1 aliphatic heterocycles. The number of nitrogens with one attached hydrogen (secondary N) is 2. The molecule has 0 saturated heterocycles. The highest BCUT2D eigenvalue weighted by molar-refractivity contribution is 7.90. The Hall–Kier alpha value is -5.22. The zero-order valence-electron chi connectivity index (χ0n) is 31.7. The smallest absolute Gasteiger partial charge is 0.305 e. The quantitative estimate of drug-likeness (QED) is 0.0953. The molecule has 5 heterocycles. The second kappa shape index (κ2) is 16.7. The first kappa shape index (κ1) is 39.5. The Morgan fingerprint density at radius 3 is 2.56 bits per heavy atom. The van der Waals surface area contributed by atoms with Gasteiger partial charge in [-0.05, 0) is 80.0 Å². The van der Waals surface area contributed by atoms with Crippen molar-refractivity contribution in [3.63, 3.8) is 0 Å². The van der Waals surface area contributed by atoms with Crippen LogP contribution in [0.4, 0.5) is 10.9 Å². The molecule has 16 heteroatoms. The van der Waals surface area contributed by atoms with Gasteiger partial charge in [0.25, 0.3) is 11.8 Å². The molecule has 0 saturated carbocycles. The van der Waals surface area contributed by atoms with Crippen LogP contribution in [0.15, 0.2) is 54.9 Å². The van der Waals surface area contributed by atoms with Crippen molar-refractivity contribution in [2.75, 3.05) is 29.1 Å². The van der Waals surface area contributed by atoms with E-state index in [1.165, 1.54) is 11.3 Å². The third-order valence-corrected chi connectivity index (χ3v) is 11.4. The maximum absolute atomic E-state index is 13.9. The number of fused-ring (bicyclic) bond motifs is 2. The maximum atomic E-state index is 13.9. The summed E-state index contributed by atoms with van der Waals surface area (Å²) >= 11 is 1.30. The van der Waals surface area contributed by atoms with Gasteiger partial charge in [0.15, 0.2) is 5.13 Å². The Morgan fingerprint density at radius 2 is 1.80 bits per heavy atom. The number of pyridine rings is 2. The molecule has 1 aliphatic rings. The number of carbonyl (C=O) groups excluding carboxylic acids is 3. The van der Waals surface area contributed by atoms with Gasteiger partial charge in [-0.15, -0.1) is 0 Å². The fourth-order valence-electron chi connectivity index (χ4n) is 6.52. The number of hydrogen-bond donors (Lipinski definition) is 2. The fraction of sp³-hybridized carbons (Fsp3) is 0.410. The summed E-state index contributed by atoms with van der Waals surface area (Å²) in [6.07, 6.45) is 5.41. The van der Waals surface area contributed by atoms with Crippen LogP contribution < -0.4 is 14.9 Å². The first-order chi connectivity index (χ1) is 26.2. The molecule has 4 aromatic heterocycles. The molecular formula is C39H46N8O6S2. The van der Waals surface area contributed by atoms with E-state index in [0.717, 1.165) is 21.7 Å². The molecule has 5 aromatic rings. The molecule has 0 radical (unpaired) electrons. The number of unbranched alkanes of at least 4 members (excludes halogenated alkanes) is 2. The number of rotatable bonds is 14. The molecule has 14 nitrogen and oxygen atoms in total. The van der Waals surface area contributed by atoms with Crippen LogP contribution in [0.25, 0.3) is 21.5 Å². The van der Waals surface area contributed by atoms with E-state index in [-0.39, 0.29) is 41.6 Å². The molecule has 2 amide bonds. The predicted molar refractivity (Wildman–Crippen MR) is 213 cm³/mol. The minimum absolute atomic E-state index is 0.0527. The van der Waals surface area contributed by atoms with E-state index in [0.29, 0.717) is 78.7 Å². The average Bonchev–Trinajstić information content (AvgIpc) is 3.71. The van der Waals surface area contributed by atoms with Crippen LogP contribution in [0.3, 0.4) is 0 Å². The number of benzene rings is 1. The second-order valence-electron chi connectivity index (χ2n) is 14.7. The van der Waals surface area contributed by atoms with Gasteiger partial charge >= 0.3 is 5.97 Å². The van der Waals surface area contributed by atoms with Gasteiger partial charge in [-0.1, -0.05) is 50.7 Å². The molecule has 0 fully saturated rings. The Morgan fingerprint density at radius 1 is 0.982 bits per heavy atom. The summed E-state index contributed by atoms with van der Waals surface area (Å²) in [7, 11) is -4.04. The number of nitrogens with zero attached hydrogens (tertiary/aromatic N) is 6. The molecule has 290 valence electrons. The van der Waals surface area contributed by atoms with E-state index in [1.807, 2.05) is 40.8 Å². The monoisotopic (exact) mass is 786 g/mol. The van der Waals surface area contributed by atoms with E-state index in [4.69, 9.17) is 9.72 Å². The number of esters is 1. The van der Waals surface area contributed by atoms with Crippen LogP contribution in [0.1, 0.15) is 91.0 Å². The molecule has 1 aromatic carbocycles. The summed E-state index contributed by atoms with van der Waals surface area (Å²) < 4.78 is 35.4. The lowest BCUT2D eigenvalue weighted by atomic mass is 9.94. The van der Waals surface area contributed by atoms with Crippen LogP contribution in [0, 0.1) is 12.3 Å². The van der Waals surface area contributed by atoms with Gasteiger partial charge in [-0.3, -0.25) is 24.4 Å². The number of anilines is 2. The Labute approximate surface area is 324 Å². The van der Waals surface area contributed by atoms with Crippen LogP contribution in [-0.4, -0.2) is 69.8 Å². The van der Waals surface area contributed by atoms with Crippen LogP contribution >= 0.6 is 11.3 Å². The molecule has 0 spiro atoms. The average molecular weight is 787 g/mol. The van der Waals surface area contributed by atoms with Gasteiger partial charge in [0.2, 0.25) is 10.0 Å². The van der Waals surface area contributed by atoms with Crippen molar-refractivity contribution < 1.29 is 27.5 Å². The summed E-state index contributed by atoms with van der Waals surface area (Å²) in [4.78, 5) is 55.6. The highest BCUT2D eigenvalue weighted by atomic mass is 32.2. The zero-order valence-corrected chi connectivity index (χ0v) is 33.3. The van der Waals surface area contributed by atoms with E-state index in [2.05, 4.69) is 45.9 Å². The van der Waals surface area contributed by atoms with Crippen molar-refractivity contribution in [2.24, 2.45) is 5.41 Å². The van der Waals surface area contributed by atoms with Gasteiger partial charge in [0, 0.05) is 54.6 Å². The first-order valence-corrected chi connectivity index (χ1v) is 20.8. The molecular weight excluding hydrogens is 741 g/mol. The minimum Gasteiger partial charge on any atom is -0.466 e. The molecule has 0 unspecified atom stereocenters. The Bertz CT molecular complexity index is 2300. The van der Waals surface area contributed by atoms with Crippen molar-refractivity contribution in [3.05, 3.63) is 82.9 Å². The SMILES string of the molecule is CCOC(=O)CCCCCS(=O)(=O)NC(=O)c1nc(N2CCc3cccc(C(=O)Nc4nc5cccnc5s4)c3C2)ccc1-c1cnn(CC(C)(C)C)c1C. The van der Waals surface area contributed by atoms with Crippen LogP contribution in [0.5, 0.6) is 0 Å². The normalized spacial score (nSPS) is 13.1. The maximum Gasteiger partial charge on any atom is 0.305 e. The molecule has 0 bridgehead atoms. The highest BCUT2D eigenvalue weighted by Gasteiger charge is 2.28. The zero-order chi connectivity index (χ0) is 39.3. The van der Waals surface area contributed by atoms with E-state index in [1.54, 1.807) is 37.5 Å². The second-order valence-corrected chi connectivity index (χ2v) is 17.5. The Balaban J connectivity index is 1.26. The largest absolute Gasteiger partial charge is 0.466 e. The standard InChI is InChI=1S/C39H46N8O6S2/c1-6-53-33(48)15-8-7-9-21-55(51,52)45-36(50)34-27(29-22-41-47(25(29)2)24-39(3,4)5)16-17-32(43-34)46-20-18-26-12-10-13-28(30(26)23-46)35(49)44-38-42-31-14-11-19-40-37(31)54-38/h10-14,16-17,19,22H,6-9,15,18,20-21,23-24H2,1-5H3,(H,45,50)(H,42,44,49). The van der Waals surface area contributed by atoms with Crippen molar-refractivity contribution in [2.45, 2.75) is 79.8 Å². The summed E-state index contributed by atoms with van der Waals surface area (Å²) in [5.41, 5.74) is 4.87. The third-order valence-electron chi connectivity index (χ3n) is 9.19. The van der Waals surface area contributed by atoms with Crippen molar-refractivity contribution >= 4 is 60.4 Å². The topological polar surface area (TPSA) is 178 Å². The van der Waals surface area contributed by atoms with Crippen molar-refractivity contribution in [1.29, 1.82) is 0 Å². The molecule has 0 atom stereocenters. The minimum atomic E-state index is -4.04. The lowest BCUT2D eigenvalue weighted by molar-refractivity contribution is -0.143. The number of sulfonamides is 1. The number of aromatic nitrogens is 5. The van der Waals surface area contributed by atoms with E-state index in [9.17, 15) is 22.8 Å². The highest BCUT2D eigenvalue weighted by Crippen LogP contribution is 2.33. The number of carbonyl (C=O) groups is 3. The van der Waals surface area contributed by atoms with Gasteiger partial charge in [-0.2, -0.15) is 5.10 Å². The number of ether oxygens (including phenoxy) is 1. The number of thiazole rings is 1. The van der Waals surface area contributed by atoms with Crippen LogP contribution in [-0.2, 0) is 39.1 Å². The summed E-state index contributed by atoms with van der Waals surface area (Å²) in [6.45, 7) is 11.8. The molecule has 6 rings (SSSR count). The van der Waals surface area contributed by atoms with E-state index < -0.39 is 15.9 Å². The summed E-state index contributed by atoms with van der Waals surface area (Å²) in [5, 5.41) is 7.97. The lowest BCUT2D eigenvalue weighted by Gasteiger charge is -2.31. The molecule has 55 heavy (non-hydrogen) atoms. The van der Waals surface area contributed by atoms with Crippen LogP contribution in [0.2, 0.25) is 0 Å². The van der Waals surface area contributed by atoms with Gasteiger partial charge in [-0.25, -0.2) is 28.1 Å². The Kier molecular flexibility index (Phi) is 12.0. The van der Waals surface area contributed by atoms with Gasteiger partial charge < -0.3 is 9.64 Å². The molecule has 2 N–H and O–H groups in total. The fourth-order valence-corrected chi connectivity index (χ4v) is 8.39. The van der Waals surface area contributed by atoms with Gasteiger partial charge in [0.05, 0.1) is 18.6 Å². The van der Waals surface area contributed by atoms with E-state index >= 15 is 0 Å². The summed E-state index contributed by atoms with van der Waals surface area (Å²) in [5.74, 6) is -1.30. The predicted octanol–water partition coefficient (Wildman–Crippen LogP) is 6.30. The van der Waals surface area contributed by atoms with Gasteiger partial charge in [0.1, 0.15) is 21.9 Å². The third kappa shape index (κ3) is 9.72. The number of hydrogen-bond acceptors (Lipinski definition) is 12. The number of amides is 2. The van der Waals surface area contributed by atoms with Crippen molar-refractivity contribution in [3.8, 4) is 11.1 Å².